The molecule has 0 aromatic heterocycles. The summed E-state index contributed by atoms with van der Waals surface area (Å²) < 4.78 is 0. The van der Waals surface area contributed by atoms with Gasteiger partial charge in [-0.25, -0.2) is 0 Å². The van der Waals surface area contributed by atoms with E-state index in [9.17, 15) is 0 Å². The first kappa shape index (κ1) is 12.3. The molecular formula is C16H19N3. The number of hydrogen-bond donors (Lipinski definition) is 0. The molecule has 4 atom stereocenters. The zero-order valence-corrected chi connectivity index (χ0v) is 11.0. The average Bonchev–Trinajstić information content (AvgIpc) is 3.03. The van der Waals surface area contributed by atoms with Gasteiger partial charge in [-0.15, -0.1) is 0 Å². The van der Waals surface area contributed by atoms with Gasteiger partial charge in [-0.2, -0.15) is 0 Å². The van der Waals surface area contributed by atoms with Crippen molar-refractivity contribution in [2.45, 2.75) is 31.7 Å². The second-order valence-electron chi connectivity index (χ2n) is 5.74. The third-order valence-electron chi connectivity index (χ3n) is 4.74. The van der Waals surface area contributed by atoms with Crippen molar-refractivity contribution in [1.82, 2.24) is 0 Å². The lowest BCUT2D eigenvalue weighted by molar-refractivity contribution is 0.291. The van der Waals surface area contributed by atoms with E-state index in [0.29, 0.717) is 11.8 Å². The highest BCUT2D eigenvalue weighted by Crippen LogP contribution is 2.51. The van der Waals surface area contributed by atoms with E-state index < -0.39 is 0 Å². The van der Waals surface area contributed by atoms with Crippen molar-refractivity contribution in [2.24, 2.45) is 22.9 Å². The lowest BCUT2D eigenvalue weighted by Crippen LogP contribution is -2.24. The number of azide groups is 1. The Kier molecular flexibility index (Phi) is 3.56. The van der Waals surface area contributed by atoms with Crippen LogP contribution >= 0.6 is 0 Å². The van der Waals surface area contributed by atoms with Crippen LogP contribution in [-0.4, -0.2) is 6.04 Å². The Morgan fingerprint density at radius 2 is 2.00 bits per heavy atom. The predicted molar refractivity (Wildman–Crippen MR) is 77.3 cm³/mol. The molecule has 2 fully saturated rings. The van der Waals surface area contributed by atoms with E-state index in [2.05, 4.69) is 46.4 Å². The summed E-state index contributed by atoms with van der Waals surface area (Å²) >= 11 is 0. The van der Waals surface area contributed by atoms with Gasteiger partial charge >= 0.3 is 0 Å². The topological polar surface area (TPSA) is 48.8 Å². The van der Waals surface area contributed by atoms with Crippen LogP contribution in [0.15, 0.2) is 41.5 Å². The van der Waals surface area contributed by atoms with Crippen LogP contribution in [0.2, 0.25) is 0 Å². The Morgan fingerprint density at radius 3 is 2.79 bits per heavy atom. The van der Waals surface area contributed by atoms with Crippen molar-refractivity contribution in [3.8, 4) is 0 Å². The molecule has 0 saturated heterocycles. The van der Waals surface area contributed by atoms with Crippen molar-refractivity contribution >= 4 is 6.08 Å². The van der Waals surface area contributed by atoms with Crippen molar-refractivity contribution in [2.75, 3.05) is 0 Å². The highest BCUT2D eigenvalue weighted by molar-refractivity contribution is 5.48. The molecule has 3 rings (SSSR count). The monoisotopic (exact) mass is 253 g/mol. The van der Waals surface area contributed by atoms with Crippen LogP contribution in [0.25, 0.3) is 16.5 Å². The SMILES string of the molecule is [N-]=[N+]=N[C@@H]1[C@H]2CC[C@H](C2)[C@@H]1C/C=C/c1ccccc1. The van der Waals surface area contributed by atoms with Gasteiger partial charge in [-0.05, 0) is 54.5 Å². The minimum absolute atomic E-state index is 0.240. The number of fused-ring (bicyclic) bond motifs is 2. The molecule has 0 spiro atoms. The third kappa shape index (κ3) is 2.52. The van der Waals surface area contributed by atoms with Crippen LogP contribution in [0.3, 0.4) is 0 Å². The van der Waals surface area contributed by atoms with Crippen LogP contribution in [0, 0.1) is 17.8 Å². The molecule has 0 radical (unpaired) electrons. The van der Waals surface area contributed by atoms with Gasteiger partial charge < -0.3 is 0 Å². The van der Waals surface area contributed by atoms with Gasteiger partial charge in [0.05, 0.1) is 0 Å². The molecule has 2 saturated carbocycles. The summed E-state index contributed by atoms with van der Waals surface area (Å²) in [4.78, 5) is 3.05. The molecule has 1 aromatic carbocycles. The van der Waals surface area contributed by atoms with E-state index in [4.69, 9.17) is 5.53 Å². The molecular weight excluding hydrogens is 234 g/mol. The van der Waals surface area contributed by atoms with Crippen molar-refractivity contribution in [3.63, 3.8) is 0 Å². The molecule has 19 heavy (non-hydrogen) atoms. The maximum absolute atomic E-state index is 8.72. The van der Waals surface area contributed by atoms with Crippen LogP contribution in [0.5, 0.6) is 0 Å². The summed E-state index contributed by atoms with van der Waals surface area (Å²) in [7, 11) is 0. The van der Waals surface area contributed by atoms with Crippen LogP contribution in [0.4, 0.5) is 0 Å². The summed E-state index contributed by atoms with van der Waals surface area (Å²) in [6.07, 6.45) is 9.33. The zero-order valence-electron chi connectivity index (χ0n) is 11.0. The van der Waals surface area contributed by atoms with Crippen molar-refractivity contribution < 1.29 is 0 Å². The Bertz CT molecular complexity index is 502. The highest BCUT2D eigenvalue weighted by Gasteiger charge is 2.46. The Labute approximate surface area is 114 Å². The first-order valence-corrected chi connectivity index (χ1v) is 7.14. The summed E-state index contributed by atoms with van der Waals surface area (Å²) in [6, 6.07) is 10.6. The van der Waals surface area contributed by atoms with E-state index in [1.165, 1.54) is 24.8 Å². The number of rotatable bonds is 4. The maximum atomic E-state index is 8.72. The fourth-order valence-corrected chi connectivity index (χ4v) is 3.88. The molecule has 2 bridgehead atoms. The molecule has 0 heterocycles. The van der Waals surface area contributed by atoms with Crippen LogP contribution < -0.4 is 0 Å². The van der Waals surface area contributed by atoms with Gasteiger partial charge in [0, 0.05) is 11.0 Å². The van der Waals surface area contributed by atoms with E-state index >= 15 is 0 Å². The number of benzene rings is 1. The molecule has 3 heteroatoms. The van der Waals surface area contributed by atoms with Crippen LogP contribution in [-0.2, 0) is 0 Å². The zero-order chi connectivity index (χ0) is 13.1. The summed E-state index contributed by atoms with van der Waals surface area (Å²) in [6.45, 7) is 0. The van der Waals surface area contributed by atoms with Crippen LogP contribution in [0.1, 0.15) is 31.2 Å². The smallest absolute Gasteiger partial charge is 0.0436 e. The van der Waals surface area contributed by atoms with Crippen molar-refractivity contribution in [1.29, 1.82) is 0 Å². The van der Waals surface area contributed by atoms with Gasteiger partial charge in [0.25, 0.3) is 0 Å². The third-order valence-corrected chi connectivity index (χ3v) is 4.74. The molecule has 2 aliphatic carbocycles. The molecule has 98 valence electrons. The van der Waals surface area contributed by atoms with Gasteiger partial charge in [0.2, 0.25) is 0 Å². The molecule has 0 amide bonds. The molecule has 0 unspecified atom stereocenters. The van der Waals surface area contributed by atoms with Gasteiger partial charge in [-0.1, -0.05) is 47.6 Å². The van der Waals surface area contributed by atoms with Gasteiger partial charge in [-0.3, -0.25) is 0 Å². The lowest BCUT2D eigenvalue weighted by atomic mass is 9.82. The Hall–Kier alpha value is -1.73. The summed E-state index contributed by atoms with van der Waals surface area (Å²) in [5, 5.41) is 4.06. The lowest BCUT2D eigenvalue weighted by Gasteiger charge is -2.26. The Morgan fingerprint density at radius 1 is 1.21 bits per heavy atom. The largest absolute Gasteiger partial charge is 0.0900 e. The molecule has 0 N–H and O–H groups in total. The second kappa shape index (κ2) is 5.50. The normalized spacial score (nSPS) is 32.6. The average molecular weight is 253 g/mol. The van der Waals surface area contributed by atoms with Gasteiger partial charge in [0.1, 0.15) is 0 Å². The second-order valence-corrected chi connectivity index (χ2v) is 5.74. The molecule has 1 aromatic rings. The minimum Gasteiger partial charge on any atom is -0.0900 e. The van der Waals surface area contributed by atoms with E-state index in [0.717, 1.165) is 12.3 Å². The van der Waals surface area contributed by atoms with E-state index in [1.807, 2.05) is 6.07 Å². The number of nitrogens with zero attached hydrogens (tertiary/aromatic N) is 3. The summed E-state index contributed by atoms with van der Waals surface area (Å²) in [5.41, 5.74) is 9.96. The first-order chi connectivity index (χ1) is 9.38. The summed E-state index contributed by atoms with van der Waals surface area (Å²) in [5.74, 6) is 1.99. The Balaban J connectivity index is 1.66. The van der Waals surface area contributed by atoms with E-state index in [1.54, 1.807) is 0 Å². The quantitative estimate of drug-likeness (QED) is 0.420. The fraction of sp³-hybridized carbons (Fsp3) is 0.500. The standard InChI is InChI=1S/C16H19N3/c17-19-18-16-14-10-9-13(11-14)15(16)8-4-7-12-5-2-1-3-6-12/h1-7,13-16H,8-11H2/b7-4+/t13-,14+,15+,16-/m1/s1. The predicted octanol–water partition coefficient (Wildman–Crippen LogP) is 4.81. The maximum Gasteiger partial charge on any atom is 0.0436 e. The molecule has 2 aliphatic rings. The van der Waals surface area contributed by atoms with Crippen molar-refractivity contribution in [3.05, 3.63) is 52.4 Å². The number of allylic oxidation sites excluding steroid dienone is 1. The fourth-order valence-electron chi connectivity index (χ4n) is 3.88. The number of hydrogen-bond acceptors (Lipinski definition) is 1. The van der Waals surface area contributed by atoms with Gasteiger partial charge in [0.15, 0.2) is 0 Å². The van der Waals surface area contributed by atoms with E-state index in [-0.39, 0.29) is 6.04 Å². The first-order valence-electron chi connectivity index (χ1n) is 7.14. The highest BCUT2D eigenvalue weighted by atomic mass is 15.2. The molecule has 3 nitrogen and oxygen atoms in total. The minimum atomic E-state index is 0.240. The molecule has 0 aliphatic heterocycles.